The van der Waals surface area contributed by atoms with Crippen LogP contribution < -0.4 is 4.74 Å². The first kappa shape index (κ1) is 20.1. The molecule has 0 N–H and O–H groups in total. The van der Waals surface area contributed by atoms with Crippen molar-refractivity contribution in [3.05, 3.63) is 64.7 Å². The molecule has 0 fully saturated rings. The Balaban J connectivity index is 1.99. The maximum Gasteiger partial charge on any atom is 0.387 e. The van der Waals surface area contributed by atoms with Gasteiger partial charge in [0.1, 0.15) is 0 Å². The molecular formula is C18H16F6O2. The molecule has 0 saturated heterocycles. The van der Waals surface area contributed by atoms with Gasteiger partial charge in [-0.05, 0) is 36.1 Å². The molecule has 0 amide bonds. The van der Waals surface area contributed by atoms with Gasteiger partial charge in [0.05, 0.1) is 12.2 Å². The summed E-state index contributed by atoms with van der Waals surface area (Å²) in [5.74, 6) is -3.91. The Kier molecular flexibility index (Phi) is 6.52. The summed E-state index contributed by atoms with van der Waals surface area (Å²) in [5.41, 5.74) is 0.521. The van der Waals surface area contributed by atoms with E-state index < -0.39 is 36.7 Å². The smallest absolute Gasteiger partial charge is 0.387 e. The number of alkyl halides is 4. The van der Waals surface area contributed by atoms with Gasteiger partial charge in [0.15, 0.2) is 17.4 Å². The fourth-order valence-corrected chi connectivity index (χ4v) is 2.27. The highest BCUT2D eigenvalue weighted by atomic mass is 19.3. The standard InChI is InChI=1S/C18H16F6O2/c1-2-11-3-5-13(6-4-11)18(23,24)25-8-7-12-9-14(19)16(15(20)10-12)26-17(21)22/h3-6,9-10,17H,2,7-8H2,1H3. The highest BCUT2D eigenvalue weighted by molar-refractivity contribution is 5.31. The lowest BCUT2D eigenvalue weighted by atomic mass is 10.1. The predicted molar refractivity (Wildman–Crippen MR) is 82.4 cm³/mol. The van der Waals surface area contributed by atoms with Crippen molar-refractivity contribution in [3.63, 3.8) is 0 Å². The zero-order valence-electron chi connectivity index (χ0n) is 13.7. The third kappa shape index (κ3) is 5.14. The molecule has 2 aromatic carbocycles. The van der Waals surface area contributed by atoms with Gasteiger partial charge in [-0.2, -0.15) is 17.6 Å². The number of benzene rings is 2. The lowest BCUT2D eigenvalue weighted by molar-refractivity contribution is -0.248. The molecule has 0 spiro atoms. The summed E-state index contributed by atoms with van der Waals surface area (Å²) in [5, 5.41) is 0. The van der Waals surface area contributed by atoms with E-state index in [1.165, 1.54) is 12.1 Å². The second kappa shape index (κ2) is 8.44. The Bertz CT molecular complexity index is 708. The normalized spacial score (nSPS) is 11.8. The van der Waals surface area contributed by atoms with Crippen LogP contribution >= 0.6 is 0 Å². The number of halogens is 6. The average molecular weight is 378 g/mol. The quantitative estimate of drug-likeness (QED) is 0.570. The lowest BCUT2D eigenvalue weighted by Gasteiger charge is -2.17. The second-order valence-corrected chi connectivity index (χ2v) is 5.43. The molecule has 0 aliphatic heterocycles. The van der Waals surface area contributed by atoms with Gasteiger partial charge in [0.2, 0.25) is 0 Å². The van der Waals surface area contributed by atoms with Crippen LogP contribution in [0.15, 0.2) is 36.4 Å². The van der Waals surface area contributed by atoms with E-state index >= 15 is 0 Å². The molecule has 0 aromatic heterocycles. The summed E-state index contributed by atoms with van der Waals surface area (Å²) < 4.78 is 87.5. The molecule has 142 valence electrons. The summed E-state index contributed by atoms with van der Waals surface area (Å²) in [6.07, 6.45) is -3.11. The van der Waals surface area contributed by atoms with Crippen LogP contribution in [0, 0.1) is 11.6 Å². The molecular weight excluding hydrogens is 362 g/mol. The molecule has 0 saturated carbocycles. The van der Waals surface area contributed by atoms with Crippen molar-refractivity contribution in [1.29, 1.82) is 0 Å². The third-order valence-corrected chi connectivity index (χ3v) is 3.64. The van der Waals surface area contributed by atoms with Crippen molar-refractivity contribution in [1.82, 2.24) is 0 Å². The molecule has 2 rings (SSSR count). The lowest BCUT2D eigenvalue weighted by Crippen LogP contribution is -2.20. The number of hydrogen-bond donors (Lipinski definition) is 0. The Morgan fingerprint density at radius 2 is 1.54 bits per heavy atom. The van der Waals surface area contributed by atoms with Crippen LogP contribution in [-0.2, 0) is 23.7 Å². The van der Waals surface area contributed by atoms with Crippen molar-refractivity contribution in [3.8, 4) is 5.75 Å². The Hall–Kier alpha value is -2.22. The minimum Gasteiger partial charge on any atom is -0.429 e. The SMILES string of the molecule is CCc1ccc(C(F)(F)OCCc2cc(F)c(OC(F)F)c(F)c2)cc1. The van der Waals surface area contributed by atoms with Crippen LogP contribution in [-0.4, -0.2) is 13.2 Å². The first-order valence-corrected chi connectivity index (χ1v) is 7.77. The van der Waals surface area contributed by atoms with E-state index in [1.54, 1.807) is 12.1 Å². The van der Waals surface area contributed by atoms with E-state index in [-0.39, 0.29) is 17.5 Å². The molecule has 0 heterocycles. The summed E-state index contributed by atoms with van der Waals surface area (Å²) >= 11 is 0. The van der Waals surface area contributed by atoms with Crippen molar-refractivity contribution in [2.24, 2.45) is 0 Å². The van der Waals surface area contributed by atoms with Crippen molar-refractivity contribution < 1.29 is 35.8 Å². The van der Waals surface area contributed by atoms with Gasteiger partial charge in [-0.25, -0.2) is 8.78 Å². The van der Waals surface area contributed by atoms with Crippen molar-refractivity contribution in [2.45, 2.75) is 32.5 Å². The van der Waals surface area contributed by atoms with Crippen LogP contribution in [0.5, 0.6) is 5.75 Å². The zero-order chi connectivity index (χ0) is 19.3. The van der Waals surface area contributed by atoms with Crippen LogP contribution in [0.4, 0.5) is 26.3 Å². The molecule has 2 aromatic rings. The molecule has 8 heteroatoms. The number of aryl methyl sites for hydroxylation is 1. The Morgan fingerprint density at radius 3 is 2.04 bits per heavy atom. The topological polar surface area (TPSA) is 18.5 Å². The van der Waals surface area contributed by atoms with E-state index in [0.29, 0.717) is 6.42 Å². The third-order valence-electron chi connectivity index (χ3n) is 3.64. The number of rotatable bonds is 8. The van der Waals surface area contributed by atoms with Crippen molar-refractivity contribution in [2.75, 3.05) is 6.61 Å². The summed E-state index contributed by atoms with van der Waals surface area (Å²) in [7, 11) is 0. The highest BCUT2D eigenvalue weighted by Crippen LogP contribution is 2.30. The number of hydrogen-bond acceptors (Lipinski definition) is 2. The highest BCUT2D eigenvalue weighted by Gasteiger charge is 2.32. The van der Waals surface area contributed by atoms with Gasteiger partial charge < -0.3 is 9.47 Å². The maximum atomic E-state index is 14.0. The first-order chi connectivity index (χ1) is 12.2. The van der Waals surface area contributed by atoms with Gasteiger partial charge in [0, 0.05) is 0 Å². The number of ether oxygens (including phenoxy) is 2. The Morgan fingerprint density at radius 1 is 0.962 bits per heavy atom. The van der Waals surface area contributed by atoms with E-state index in [0.717, 1.165) is 17.7 Å². The van der Waals surface area contributed by atoms with Gasteiger partial charge >= 0.3 is 12.7 Å². The summed E-state index contributed by atoms with van der Waals surface area (Å²) in [4.78, 5) is 0. The minimum absolute atomic E-state index is 0.0289. The van der Waals surface area contributed by atoms with Gasteiger partial charge in [-0.3, -0.25) is 0 Å². The fraction of sp³-hybridized carbons (Fsp3) is 0.333. The molecule has 2 nitrogen and oxygen atoms in total. The van der Waals surface area contributed by atoms with Crippen LogP contribution in [0.3, 0.4) is 0 Å². The second-order valence-electron chi connectivity index (χ2n) is 5.43. The average Bonchev–Trinajstić information content (AvgIpc) is 2.58. The molecule has 0 atom stereocenters. The van der Waals surface area contributed by atoms with Crippen molar-refractivity contribution >= 4 is 0 Å². The van der Waals surface area contributed by atoms with E-state index in [2.05, 4.69) is 9.47 Å². The first-order valence-electron chi connectivity index (χ1n) is 7.77. The monoisotopic (exact) mass is 378 g/mol. The molecule has 0 aliphatic carbocycles. The molecule has 26 heavy (non-hydrogen) atoms. The van der Waals surface area contributed by atoms with Crippen LogP contribution in [0.1, 0.15) is 23.6 Å². The van der Waals surface area contributed by atoms with E-state index in [1.807, 2.05) is 6.92 Å². The molecule has 0 unspecified atom stereocenters. The van der Waals surface area contributed by atoms with Gasteiger partial charge in [-0.15, -0.1) is 0 Å². The van der Waals surface area contributed by atoms with Gasteiger partial charge in [-0.1, -0.05) is 31.2 Å². The minimum atomic E-state index is -3.57. The predicted octanol–water partition coefficient (Wildman–Crippen LogP) is 5.44. The van der Waals surface area contributed by atoms with Crippen LogP contribution in [0.25, 0.3) is 0 Å². The Labute approximate surface area is 146 Å². The van der Waals surface area contributed by atoms with E-state index in [9.17, 15) is 26.3 Å². The fourth-order valence-electron chi connectivity index (χ4n) is 2.27. The summed E-state index contributed by atoms with van der Waals surface area (Å²) in [6.45, 7) is -2.03. The largest absolute Gasteiger partial charge is 0.429 e. The summed E-state index contributed by atoms with van der Waals surface area (Å²) in [6, 6.07) is 7.07. The van der Waals surface area contributed by atoms with Crippen LogP contribution in [0.2, 0.25) is 0 Å². The molecule has 0 bridgehead atoms. The van der Waals surface area contributed by atoms with Gasteiger partial charge in [0.25, 0.3) is 0 Å². The molecule has 0 aliphatic rings. The maximum absolute atomic E-state index is 14.0. The zero-order valence-corrected chi connectivity index (χ0v) is 13.7. The molecule has 0 radical (unpaired) electrons. The van der Waals surface area contributed by atoms with E-state index in [4.69, 9.17) is 0 Å².